The van der Waals surface area contributed by atoms with Gasteiger partial charge in [0, 0.05) is 11.7 Å². The second kappa shape index (κ2) is 8.00. The van der Waals surface area contributed by atoms with Crippen LogP contribution in [0.3, 0.4) is 0 Å². The molecule has 0 bridgehead atoms. The molecule has 2 rings (SSSR count). The van der Waals surface area contributed by atoms with Gasteiger partial charge in [-0.15, -0.1) is 0 Å². The Kier molecular flexibility index (Phi) is 6.34. The van der Waals surface area contributed by atoms with E-state index in [1.54, 1.807) is 20.8 Å². The Bertz CT molecular complexity index is 1000. The standard InChI is InChI=1S/C19H26N2O4S2/c1-6-16(5)20-26(22,23)18-9-7-17(8-10-18)21-27(24,25)19-14(3)11-13(2)12-15(19)4/h7-12,16,20-21H,6H2,1-5H3. The fraction of sp³-hybridized carbons (Fsp3) is 0.368. The highest BCUT2D eigenvalue weighted by Crippen LogP contribution is 2.25. The van der Waals surface area contributed by atoms with Crippen LogP contribution in [0.4, 0.5) is 5.69 Å². The summed E-state index contributed by atoms with van der Waals surface area (Å²) in [7, 11) is -7.41. The smallest absolute Gasteiger partial charge is 0.262 e. The van der Waals surface area contributed by atoms with E-state index in [4.69, 9.17) is 0 Å². The van der Waals surface area contributed by atoms with Crippen LogP contribution in [-0.2, 0) is 20.0 Å². The molecular formula is C19H26N2O4S2. The number of hydrogen-bond acceptors (Lipinski definition) is 4. The van der Waals surface area contributed by atoms with Crippen molar-refractivity contribution in [3.63, 3.8) is 0 Å². The lowest BCUT2D eigenvalue weighted by atomic mass is 10.1. The Labute approximate surface area is 162 Å². The number of aryl methyl sites for hydroxylation is 3. The molecule has 2 N–H and O–H groups in total. The van der Waals surface area contributed by atoms with Crippen LogP contribution in [0.2, 0.25) is 0 Å². The first-order valence-electron chi connectivity index (χ1n) is 8.69. The van der Waals surface area contributed by atoms with Gasteiger partial charge in [-0.1, -0.05) is 24.6 Å². The molecule has 0 aromatic heterocycles. The maximum Gasteiger partial charge on any atom is 0.262 e. The number of anilines is 1. The first-order valence-corrected chi connectivity index (χ1v) is 11.7. The third-order valence-corrected chi connectivity index (χ3v) is 7.55. The molecule has 2 aromatic rings. The molecule has 27 heavy (non-hydrogen) atoms. The molecule has 2 aromatic carbocycles. The average Bonchev–Trinajstić information content (AvgIpc) is 2.53. The van der Waals surface area contributed by atoms with E-state index in [2.05, 4.69) is 9.44 Å². The lowest BCUT2D eigenvalue weighted by molar-refractivity contribution is 0.556. The highest BCUT2D eigenvalue weighted by molar-refractivity contribution is 7.92. The third kappa shape index (κ3) is 5.09. The molecule has 0 saturated heterocycles. The zero-order valence-electron chi connectivity index (χ0n) is 16.2. The fourth-order valence-electron chi connectivity index (χ4n) is 2.92. The van der Waals surface area contributed by atoms with Gasteiger partial charge >= 0.3 is 0 Å². The molecule has 0 aliphatic carbocycles. The second-order valence-corrected chi connectivity index (χ2v) is 10.1. The van der Waals surface area contributed by atoms with Crippen LogP contribution in [0.15, 0.2) is 46.2 Å². The van der Waals surface area contributed by atoms with Crippen molar-refractivity contribution in [3.05, 3.63) is 53.1 Å². The lowest BCUT2D eigenvalue weighted by Crippen LogP contribution is -2.31. The summed E-state index contributed by atoms with van der Waals surface area (Å²) in [5, 5.41) is 0. The molecule has 0 aliphatic rings. The van der Waals surface area contributed by atoms with Gasteiger partial charge in [0.05, 0.1) is 9.79 Å². The van der Waals surface area contributed by atoms with E-state index in [9.17, 15) is 16.8 Å². The van der Waals surface area contributed by atoms with E-state index in [0.29, 0.717) is 23.2 Å². The van der Waals surface area contributed by atoms with Gasteiger partial charge in [-0.2, -0.15) is 0 Å². The van der Waals surface area contributed by atoms with Gasteiger partial charge in [0.15, 0.2) is 0 Å². The molecule has 0 aliphatic heterocycles. The van der Waals surface area contributed by atoms with Gasteiger partial charge < -0.3 is 0 Å². The van der Waals surface area contributed by atoms with Gasteiger partial charge in [-0.05, 0) is 69.5 Å². The topological polar surface area (TPSA) is 92.3 Å². The number of rotatable bonds is 7. The van der Waals surface area contributed by atoms with Gasteiger partial charge in [0.1, 0.15) is 0 Å². The van der Waals surface area contributed by atoms with E-state index in [-0.39, 0.29) is 15.8 Å². The number of nitrogens with one attached hydrogen (secondary N) is 2. The van der Waals surface area contributed by atoms with E-state index in [1.165, 1.54) is 24.3 Å². The van der Waals surface area contributed by atoms with Gasteiger partial charge in [0.25, 0.3) is 10.0 Å². The third-order valence-electron chi connectivity index (χ3n) is 4.26. The Balaban J connectivity index is 2.29. The van der Waals surface area contributed by atoms with Crippen LogP contribution in [0.1, 0.15) is 37.0 Å². The minimum Gasteiger partial charge on any atom is -0.280 e. The first kappa shape index (κ1) is 21.4. The Morgan fingerprint density at radius 1 is 0.889 bits per heavy atom. The Morgan fingerprint density at radius 2 is 1.41 bits per heavy atom. The van der Waals surface area contributed by atoms with Crippen LogP contribution in [-0.4, -0.2) is 22.9 Å². The van der Waals surface area contributed by atoms with Crippen molar-refractivity contribution in [2.45, 2.75) is 56.9 Å². The summed E-state index contributed by atoms with van der Waals surface area (Å²) in [4.78, 5) is 0.330. The number of benzene rings is 2. The van der Waals surface area contributed by atoms with E-state index in [1.807, 2.05) is 26.0 Å². The van der Waals surface area contributed by atoms with Crippen molar-refractivity contribution >= 4 is 25.7 Å². The summed E-state index contributed by atoms with van der Waals surface area (Å²) in [6.07, 6.45) is 0.673. The monoisotopic (exact) mass is 410 g/mol. The minimum atomic E-state index is -3.78. The first-order chi connectivity index (χ1) is 12.5. The van der Waals surface area contributed by atoms with E-state index >= 15 is 0 Å². The predicted octanol–water partition coefficient (Wildman–Crippen LogP) is 3.49. The maximum absolute atomic E-state index is 12.8. The van der Waals surface area contributed by atoms with Crippen molar-refractivity contribution in [1.29, 1.82) is 0 Å². The van der Waals surface area contributed by atoms with E-state index < -0.39 is 20.0 Å². The van der Waals surface area contributed by atoms with Crippen molar-refractivity contribution in [3.8, 4) is 0 Å². The maximum atomic E-state index is 12.8. The molecule has 0 radical (unpaired) electrons. The highest BCUT2D eigenvalue weighted by atomic mass is 32.2. The summed E-state index contributed by atoms with van der Waals surface area (Å²) in [6.45, 7) is 9.10. The number of sulfonamides is 2. The zero-order chi connectivity index (χ0) is 20.4. The molecule has 0 heterocycles. The van der Waals surface area contributed by atoms with Crippen molar-refractivity contribution in [2.24, 2.45) is 0 Å². The quantitative estimate of drug-likeness (QED) is 0.731. The number of hydrogen-bond donors (Lipinski definition) is 2. The minimum absolute atomic E-state index is 0.0912. The van der Waals surface area contributed by atoms with Crippen LogP contribution in [0, 0.1) is 20.8 Å². The Hall–Kier alpha value is -1.90. The van der Waals surface area contributed by atoms with Crippen molar-refractivity contribution < 1.29 is 16.8 Å². The molecule has 0 saturated carbocycles. The molecule has 0 amide bonds. The van der Waals surface area contributed by atoms with Gasteiger partial charge in [-0.25, -0.2) is 21.6 Å². The molecule has 8 heteroatoms. The molecule has 1 unspecified atom stereocenters. The average molecular weight is 411 g/mol. The SMILES string of the molecule is CCC(C)NS(=O)(=O)c1ccc(NS(=O)(=O)c2c(C)cc(C)cc2C)cc1. The second-order valence-electron chi connectivity index (χ2n) is 6.79. The summed E-state index contributed by atoms with van der Waals surface area (Å²) >= 11 is 0. The molecule has 6 nitrogen and oxygen atoms in total. The summed E-state index contributed by atoms with van der Waals surface area (Å²) in [5.74, 6) is 0. The van der Waals surface area contributed by atoms with Gasteiger partial charge in [0.2, 0.25) is 10.0 Å². The van der Waals surface area contributed by atoms with Crippen LogP contribution < -0.4 is 9.44 Å². The highest BCUT2D eigenvalue weighted by Gasteiger charge is 2.21. The zero-order valence-corrected chi connectivity index (χ0v) is 17.8. The molecule has 148 valence electrons. The molecular weight excluding hydrogens is 384 g/mol. The normalized spacial score (nSPS) is 13.4. The summed E-state index contributed by atoms with van der Waals surface area (Å²) in [6, 6.07) is 9.12. The molecule has 0 spiro atoms. The van der Waals surface area contributed by atoms with Crippen LogP contribution in [0.5, 0.6) is 0 Å². The van der Waals surface area contributed by atoms with Crippen LogP contribution in [0.25, 0.3) is 0 Å². The fourth-order valence-corrected chi connectivity index (χ4v) is 5.76. The van der Waals surface area contributed by atoms with Crippen LogP contribution >= 0.6 is 0 Å². The largest absolute Gasteiger partial charge is 0.280 e. The summed E-state index contributed by atoms with van der Waals surface area (Å²) < 4.78 is 55.2. The van der Waals surface area contributed by atoms with Crippen molar-refractivity contribution in [1.82, 2.24) is 4.72 Å². The molecule has 1 atom stereocenters. The van der Waals surface area contributed by atoms with Gasteiger partial charge in [-0.3, -0.25) is 4.72 Å². The predicted molar refractivity (Wildman–Crippen MR) is 108 cm³/mol. The van der Waals surface area contributed by atoms with E-state index in [0.717, 1.165) is 5.56 Å². The molecule has 0 fully saturated rings. The Morgan fingerprint density at radius 3 is 1.89 bits per heavy atom. The lowest BCUT2D eigenvalue weighted by Gasteiger charge is -2.15. The van der Waals surface area contributed by atoms with Crippen molar-refractivity contribution in [2.75, 3.05) is 4.72 Å². The summed E-state index contributed by atoms with van der Waals surface area (Å²) in [5.41, 5.74) is 2.62.